The minimum Gasteiger partial charge on any atom is -0.490 e. The van der Waals surface area contributed by atoms with E-state index in [1.54, 1.807) is 11.8 Å². The summed E-state index contributed by atoms with van der Waals surface area (Å²) in [6, 6.07) is 16.3. The van der Waals surface area contributed by atoms with Crippen LogP contribution in [-0.2, 0) is 21.6 Å². The number of para-hydroxylation sites is 1. The Hall–Kier alpha value is -2.78. The number of hydrogen-bond donors (Lipinski definition) is 6. The van der Waals surface area contributed by atoms with E-state index < -0.39 is 36.9 Å². The van der Waals surface area contributed by atoms with E-state index >= 15 is 0 Å². The molecule has 11 nitrogen and oxygen atoms in total. The average molecular weight is 756 g/mol. The Kier molecular flexibility index (Phi) is 13.5. The van der Waals surface area contributed by atoms with Gasteiger partial charge in [0.05, 0.1) is 12.7 Å². The van der Waals surface area contributed by atoms with Gasteiger partial charge in [-0.25, -0.2) is 0 Å². The van der Waals surface area contributed by atoms with Gasteiger partial charge >= 0.3 is 0 Å². The molecule has 2 aromatic carbocycles. The molecular formula is C39H50ClN3O8S. The van der Waals surface area contributed by atoms with E-state index in [0.717, 1.165) is 71.4 Å². The van der Waals surface area contributed by atoms with Crippen LogP contribution in [0.25, 0.3) is 11.1 Å². The van der Waals surface area contributed by atoms with Gasteiger partial charge in [0.15, 0.2) is 6.10 Å². The zero-order chi connectivity index (χ0) is 36.7. The first-order valence-corrected chi connectivity index (χ1v) is 19.6. The van der Waals surface area contributed by atoms with Crippen molar-refractivity contribution in [3.8, 4) is 16.9 Å². The predicted octanol–water partition coefficient (Wildman–Crippen LogP) is 3.90. The lowest BCUT2D eigenvalue weighted by Crippen LogP contribution is -2.53. The Bertz CT molecular complexity index is 1640. The fraction of sp³-hybridized carbons (Fsp3) is 0.538. The Balaban J connectivity index is 1.07. The molecular weight excluding hydrogens is 706 g/mol. The van der Waals surface area contributed by atoms with Crippen LogP contribution in [-0.4, -0.2) is 111 Å². The van der Waals surface area contributed by atoms with Crippen LogP contribution in [0, 0.1) is 5.92 Å². The number of ether oxygens (including phenoxy) is 2. The summed E-state index contributed by atoms with van der Waals surface area (Å²) in [7, 11) is 0. The summed E-state index contributed by atoms with van der Waals surface area (Å²) in [5, 5.41) is 54.5. The number of carbonyl (C=O) groups excluding carboxylic acids is 1. The van der Waals surface area contributed by atoms with Crippen molar-refractivity contribution in [1.29, 1.82) is 0 Å². The van der Waals surface area contributed by atoms with Crippen LogP contribution in [0.1, 0.15) is 56.1 Å². The van der Waals surface area contributed by atoms with Crippen LogP contribution in [0.5, 0.6) is 5.75 Å². The minimum atomic E-state index is -1.95. The summed E-state index contributed by atoms with van der Waals surface area (Å²) < 4.78 is 11.7. The summed E-state index contributed by atoms with van der Waals surface area (Å²) in [4.78, 5) is 20.4. The summed E-state index contributed by atoms with van der Waals surface area (Å²) >= 11 is 8.35. The standard InChI is InChI=1S/C39H50ClN3O8S/c40-32-9-8-28(52-19-3-16-43(23-25-11-17-50-18-12-25)38(49)37(48)36(47)35(46)33(45)24-44)20-26(32)21-42-39(13-14-39)31-22-41-15-10-29(31)30-4-1-2-5-34(30)51-27-6-7-27/h1-2,4-5,8-10,15,20,22,25,27,33,35-37,42,44-48H,3,6-7,11-14,16-19,21,23-24H2/t33-,35+,36-,37-/m0/s1. The molecule has 52 heavy (non-hydrogen) atoms. The number of nitrogens with zero attached hydrogens (tertiary/aromatic N) is 2. The number of pyridine rings is 1. The number of rotatable bonds is 19. The number of aliphatic hydroxyl groups excluding tert-OH is 5. The molecule has 3 aromatic rings. The number of hydrogen-bond acceptors (Lipinski definition) is 11. The zero-order valence-corrected chi connectivity index (χ0v) is 30.9. The first kappa shape index (κ1) is 38.9. The smallest absolute Gasteiger partial charge is 0.254 e. The van der Waals surface area contributed by atoms with E-state index in [9.17, 15) is 25.2 Å². The lowest BCUT2D eigenvalue weighted by molar-refractivity contribution is -0.159. The van der Waals surface area contributed by atoms with Gasteiger partial charge in [0.2, 0.25) is 0 Å². The first-order chi connectivity index (χ1) is 25.2. The molecule has 3 fully saturated rings. The monoisotopic (exact) mass is 755 g/mol. The number of aliphatic hydroxyl groups is 5. The molecule has 2 saturated carbocycles. The summed E-state index contributed by atoms with van der Waals surface area (Å²) in [6.45, 7) is 1.66. The van der Waals surface area contributed by atoms with Crippen LogP contribution in [0.2, 0.25) is 5.02 Å². The predicted molar refractivity (Wildman–Crippen MR) is 199 cm³/mol. The summed E-state index contributed by atoms with van der Waals surface area (Å²) in [5.74, 6) is 1.04. The molecule has 282 valence electrons. The van der Waals surface area contributed by atoms with Gasteiger partial charge < -0.3 is 45.2 Å². The second-order valence-electron chi connectivity index (χ2n) is 14.1. The molecule has 0 bridgehead atoms. The molecule has 1 saturated heterocycles. The molecule has 4 atom stereocenters. The molecule has 1 aliphatic heterocycles. The third-order valence-electron chi connectivity index (χ3n) is 10.2. The SMILES string of the molecule is O=C([C@@H](O)[C@@H](O)[C@H](O)[C@@H](O)CO)N(CCCSc1ccc(Cl)c(CNC2(c3cnccc3-c3ccccc3OC3CC3)CC2)c1)CC1CCOCC1. The second kappa shape index (κ2) is 18.0. The second-order valence-corrected chi connectivity index (χ2v) is 15.7. The van der Waals surface area contributed by atoms with Crippen molar-refractivity contribution in [3.63, 3.8) is 0 Å². The van der Waals surface area contributed by atoms with Crippen LogP contribution >= 0.6 is 23.4 Å². The van der Waals surface area contributed by atoms with E-state index in [0.29, 0.717) is 56.1 Å². The number of aromatic nitrogens is 1. The van der Waals surface area contributed by atoms with Crippen molar-refractivity contribution in [2.24, 2.45) is 5.92 Å². The maximum absolute atomic E-state index is 13.3. The van der Waals surface area contributed by atoms with Crippen LogP contribution < -0.4 is 10.1 Å². The lowest BCUT2D eigenvalue weighted by Gasteiger charge is -2.33. The topological polar surface area (TPSA) is 165 Å². The van der Waals surface area contributed by atoms with Gasteiger partial charge in [-0.2, -0.15) is 0 Å². The average Bonchev–Trinajstić information content (AvgIpc) is 4.13. The highest BCUT2D eigenvalue weighted by atomic mass is 35.5. The highest BCUT2D eigenvalue weighted by Gasteiger charge is 2.46. The van der Waals surface area contributed by atoms with Crippen LogP contribution in [0.15, 0.2) is 65.8 Å². The van der Waals surface area contributed by atoms with Gasteiger partial charge in [0, 0.05) is 66.3 Å². The molecule has 2 aliphatic carbocycles. The van der Waals surface area contributed by atoms with Crippen molar-refractivity contribution >= 4 is 29.3 Å². The van der Waals surface area contributed by atoms with Crippen molar-refractivity contribution in [1.82, 2.24) is 15.2 Å². The lowest BCUT2D eigenvalue weighted by atomic mass is 9.94. The normalized spacial score (nSPS) is 19.4. The molecule has 6 rings (SSSR count). The van der Waals surface area contributed by atoms with Crippen molar-refractivity contribution in [3.05, 3.63) is 77.1 Å². The largest absolute Gasteiger partial charge is 0.490 e. The van der Waals surface area contributed by atoms with Crippen molar-refractivity contribution in [2.45, 2.75) is 92.4 Å². The number of halogens is 1. The van der Waals surface area contributed by atoms with Crippen molar-refractivity contribution < 1.29 is 39.8 Å². The Labute approximate surface area is 314 Å². The Morgan fingerprint density at radius 3 is 2.54 bits per heavy atom. The molecule has 1 aromatic heterocycles. The van der Waals surface area contributed by atoms with Gasteiger partial charge in [0.1, 0.15) is 24.1 Å². The van der Waals surface area contributed by atoms with E-state index in [2.05, 4.69) is 28.5 Å². The fourth-order valence-corrected chi connectivity index (χ4v) is 7.79. The number of carbonyl (C=O) groups is 1. The quantitative estimate of drug-likeness (QED) is 0.0777. The number of amides is 1. The van der Waals surface area contributed by atoms with E-state index in [1.165, 1.54) is 4.90 Å². The third kappa shape index (κ3) is 9.85. The van der Waals surface area contributed by atoms with Crippen LogP contribution in [0.3, 0.4) is 0 Å². The van der Waals surface area contributed by atoms with Gasteiger partial charge in [-0.15, -0.1) is 11.8 Å². The van der Waals surface area contributed by atoms with Crippen LogP contribution in [0.4, 0.5) is 0 Å². The molecule has 13 heteroatoms. The van der Waals surface area contributed by atoms with E-state index in [-0.39, 0.29) is 11.5 Å². The highest BCUT2D eigenvalue weighted by molar-refractivity contribution is 7.99. The molecule has 0 spiro atoms. The van der Waals surface area contributed by atoms with E-state index in [4.69, 9.17) is 26.2 Å². The molecule has 0 radical (unpaired) electrons. The molecule has 3 aliphatic rings. The molecule has 6 N–H and O–H groups in total. The fourth-order valence-electron chi connectivity index (χ4n) is 6.71. The molecule has 0 unspecified atom stereocenters. The number of benzene rings is 2. The Morgan fingerprint density at radius 2 is 1.81 bits per heavy atom. The first-order valence-electron chi connectivity index (χ1n) is 18.3. The third-order valence-corrected chi connectivity index (χ3v) is 11.6. The number of thioether (sulfide) groups is 1. The van der Waals surface area contributed by atoms with Gasteiger partial charge in [-0.1, -0.05) is 29.8 Å². The summed E-state index contributed by atoms with van der Waals surface area (Å²) in [5.41, 5.74) is 4.12. The zero-order valence-electron chi connectivity index (χ0n) is 29.3. The van der Waals surface area contributed by atoms with Crippen molar-refractivity contribution in [2.75, 3.05) is 38.7 Å². The maximum atomic E-state index is 13.3. The maximum Gasteiger partial charge on any atom is 0.254 e. The minimum absolute atomic E-state index is 0.178. The summed E-state index contributed by atoms with van der Waals surface area (Å²) in [6.07, 6.45) is 2.96. The molecule has 1 amide bonds. The van der Waals surface area contributed by atoms with Gasteiger partial charge in [-0.05, 0) is 104 Å². The van der Waals surface area contributed by atoms with Gasteiger partial charge in [-0.3, -0.25) is 9.78 Å². The number of nitrogens with one attached hydrogen (secondary N) is 1. The highest BCUT2D eigenvalue weighted by Crippen LogP contribution is 2.50. The Morgan fingerprint density at radius 1 is 1.04 bits per heavy atom. The molecule has 2 heterocycles. The van der Waals surface area contributed by atoms with E-state index in [1.807, 2.05) is 42.7 Å². The van der Waals surface area contributed by atoms with Gasteiger partial charge in [0.25, 0.3) is 5.91 Å².